The number of rotatable bonds is 4. The maximum absolute atomic E-state index is 5.99. The Hall–Kier alpha value is -1.32. The van der Waals surface area contributed by atoms with Crippen molar-refractivity contribution in [2.24, 2.45) is 0 Å². The average Bonchev–Trinajstić information content (AvgIpc) is 2.40. The van der Waals surface area contributed by atoms with Crippen LogP contribution in [0.15, 0.2) is 36.8 Å². The van der Waals surface area contributed by atoms with Gasteiger partial charge in [-0.15, -0.1) is 11.6 Å². The van der Waals surface area contributed by atoms with Crippen LogP contribution in [0, 0.1) is 0 Å². The van der Waals surface area contributed by atoms with Crippen LogP contribution in [0.3, 0.4) is 0 Å². The lowest BCUT2D eigenvalue weighted by atomic mass is 10.2. The van der Waals surface area contributed by atoms with E-state index in [0.29, 0.717) is 10.9 Å². The molecule has 0 unspecified atom stereocenters. The van der Waals surface area contributed by atoms with E-state index in [4.69, 9.17) is 23.2 Å². The van der Waals surface area contributed by atoms with Gasteiger partial charge in [-0.1, -0.05) is 11.6 Å². The van der Waals surface area contributed by atoms with Gasteiger partial charge in [-0.25, -0.2) is 4.98 Å². The SMILES string of the molecule is CN(Cc1ccncc1)c1cc(CCl)c(Cl)cn1. The Morgan fingerprint density at radius 1 is 1.28 bits per heavy atom. The van der Waals surface area contributed by atoms with Crippen molar-refractivity contribution in [2.45, 2.75) is 12.4 Å². The van der Waals surface area contributed by atoms with Crippen LogP contribution in [0.25, 0.3) is 0 Å². The third kappa shape index (κ3) is 3.12. The highest BCUT2D eigenvalue weighted by molar-refractivity contribution is 6.32. The first kappa shape index (κ1) is 13.1. The van der Waals surface area contributed by atoms with Crippen molar-refractivity contribution in [2.75, 3.05) is 11.9 Å². The smallest absolute Gasteiger partial charge is 0.128 e. The minimum atomic E-state index is 0.386. The molecule has 2 heterocycles. The molecule has 0 aliphatic rings. The summed E-state index contributed by atoms with van der Waals surface area (Å²) in [4.78, 5) is 10.3. The van der Waals surface area contributed by atoms with Gasteiger partial charge in [0.25, 0.3) is 0 Å². The lowest BCUT2D eigenvalue weighted by Gasteiger charge is -2.19. The molecule has 0 radical (unpaired) electrons. The molecule has 0 bridgehead atoms. The molecule has 0 amide bonds. The predicted octanol–water partition coefficient (Wildman–Crippen LogP) is 3.51. The Balaban J connectivity index is 2.16. The van der Waals surface area contributed by atoms with Crippen LogP contribution < -0.4 is 4.90 Å². The molecule has 0 aromatic carbocycles. The van der Waals surface area contributed by atoms with Gasteiger partial charge < -0.3 is 4.90 Å². The van der Waals surface area contributed by atoms with Crippen LogP contribution in [0.2, 0.25) is 5.02 Å². The molecule has 3 nitrogen and oxygen atoms in total. The highest BCUT2D eigenvalue weighted by Crippen LogP contribution is 2.22. The Morgan fingerprint density at radius 3 is 2.67 bits per heavy atom. The van der Waals surface area contributed by atoms with Crippen LogP contribution in [0.1, 0.15) is 11.1 Å². The molecule has 0 aliphatic heterocycles. The quantitative estimate of drug-likeness (QED) is 0.804. The maximum atomic E-state index is 5.99. The highest BCUT2D eigenvalue weighted by Gasteiger charge is 2.07. The molecule has 2 aromatic rings. The van der Waals surface area contributed by atoms with Crippen LogP contribution in [-0.4, -0.2) is 17.0 Å². The van der Waals surface area contributed by atoms with E-state index in [0.717, 1.165) is 17.9 Å². The first-order valence-electron chi connectivity index (χ1n) is 5.51. The summed E-state index contributed by atoms with van der Waals surface area (Å²) in [6.07, 6.45) is 5.20. The molecule has 0 saturated carbocycles. The second kappa shape index (κ2) is 6.03. The van der Waals surface area contributed by atoms with Gasteiger partial charge >= 0.3 is 0 Å². The van der Waals surface area contributed by atoms with E-state index >= 15 is 0 Å². The maximum Gasteiger partial charge on any atom is 0.128 e. The molecule has 2 aromatic heterocycles. The van der Waals surface area contributed by atoms with Gasteiger partial charge in [0, 0.05) is 38.1 Å². The zero-order valence-corrected chi connectivity index (χ0v) is 11.5. The summed E-state index contributed by atoms with van der Waals surface area (Å²) >= 11 is 11.8. The number of hydrogen-bond donors (Lipinski definition) is 0. The van der Waals surface area contributed by atoms with Gasteiger partial charge in [0.2, 0.25) is 0 Å². The summed E-state index contributed by atoms with van der Waals surface area (Å²) in [5, 5.41) is 0.603. The van der Waals surface area contributed by atoms with Crippen LogP contribution in [0.5, 0.6) is 0 Å². The van der Waals surface area contributed by atoms with Crippen LogP contribution in [-0.2, 0) is 12.4 Å². The number of anilines is 1. The Morgan fingerprint density at radius 2 is 2.00 bits per heavy atom. The Bertz CT molecular complexity index is 517. The summed E-state index contributed by atoms with van der Waals surface area (Å²) in [7, 11) is 1.98. The van der Waals surface area contributed by atoms with Gasteiger partial charge in [-0.05, 0) is 29.3 Å². The minimum absolute atomic E-state index is 0.386. The zero-order chi connectivity index (χ0) is 13.0. The topological polar surface area (TPSA) is 29.0 Å². The molecule has 0 N–H and O–H groups in total. The van der Waals surface area contributed by atoms with Gasteiger partial charge in [0.05, 0.1) is 5.02 Å². The van der Waals surface area contributed by atoms with Gasteiger partial charge in [0.15, 0.2) is 0 Å². The third-order valence-corrected chi connectivity index (χ3v) is 3.25. The Kier molecular flexibility index (Phi) is 4.39. The van der Waals surface area contributed by atoms with E-state index in [2.05, 4.69) is 9.97 Å². The summed E-state index contributed by atoms with van der Waals surface area (Å²) in [5.41, 5.74) is 2.07. The fourth-order valence-electron chi connectivity index (χ4n) is 1.62. The summed E-state index contributed by atoms with van der Waals surface area (Å²) < 4.78 is 0. The summed E-state index contributed by atoms with van der Waals surface area (Å²) in [5.74, 6) is 1.24. The van der Waals surface area contributed by atoms with E-state index in [1.165, 1.54) is 5.56 Å². The van der Waals surface area contributed by atoms with Crippen molar-refractivity contribution < 1.29 is 0 Å². The number of halogens is 2. The molecule has 0 aliphatic carbocycles. The van der Waals surface area contributed by atoms with E-state index in [1.807, 2.05) is 30.1 Å². The fourth-order valence-corrected chi connectivity index (χ4v) is 2.08. The lowest BCUT2D eigenvalue weighted by molar-refractivity contribution is 0.893. The first-order chi connectivity index (χ1) is 8.70. The molecule has 0 spiro atoms. The van der Waals surface area contributed by atoms with E-state index in [9.17, 15) is 0 Å². The number of hydrogen-bond acceptors (Lipinski definition) is 3. The van der Waals surface area contributed by atoms with E-state index < -0.39 is 0 Å². The summed E-state index contributed by atoms with van der Waals surface area (Å²) in [6.45, 7) is 0.763. The van der Waals surface area contributed by atoms with Crippen molar-refractivity contribution in [1.82, 2.24) is 9.97 Å². The van der Waals surface area contributed by atoms with Crippen molar-refractivity contribution >= 4 is 29.0 Å². The molecule has 94 valence electrons. The largest absolute Gasteiger partial charge is 0.355 e. The number of pyridine rings is 2. The normalized spacial score (nSPS) is 10.4. The minimum Gasteiger partial charge on any atom is -0.355 e. The second-order valence-corrected chi connectivity index (χ2v) is 4.65. The standard InChI is InChI=1S/C13H13Cl2N3/c1-18(9-10-2-4-16-5-3-10)13-6-11(7-14)12(15)8-17-13/h2-6,8H,7,9H2,1H3. The van der Waals surface area contributed by atoms with Crippen molar-refractivity contribution in [1.29, 1.82) is 0 Å². The fraction of sp³-hybridized carbons (Fsp3) is 0.231. The zero-order valence-electron chi connectivity index (χ0n) is 9.98. The van der Waals surface area contributed by atoms with Crippen molar-refractivity contribution in [3.8, 4) is 0 Å². The van der Waals surface area contributed by atoms with Gasteiger partial charge in [-0.3, -0.25) is 4.98 Å². The van der Waals surface area contributed by atoms with E-state index in [-0.39, 0.29) is 0 Å². The number of alkyl halides is 1. The molecule has 5 heteroatoms. The van der Waals surface area contributed by atoms with Crippen LogP contribution >= 0.6 is 23.2 Å². The first-order valence-corrected chi connectivity index (χ1v) is 6.42. The average molecular weight is 282 g/mol. The molecule has 2 rings (SSSR count). The predicted molar refractivity (Wildman–Crippen MR) is 75.1 cm³/mol. The molecule has 0 saturated heterocycles. The molecule has 18 heavy (non-hydrogen) atoms. The molecule has 0 fully saturated rings. The van der Waals surface area contributed by atoms with Crippen LogP contribution in [0.4, 0.5) is 5.82 Å². The van der Waals surface area contributed by atoms with Gasteiger partial charge in [0.1, 0.15) is 5.82 Å². The van der Waals surface area contributed by atoms with Gasteiger partial charge in [-0.2, -0.15) is 0 Å². The Labute approximate surface area is 116 Å². The molecular weight excluding hydrogens is 269 g/mol. The third-order valence-electron chi connectivity index (χ3n) is 2.62. The number of aromatic nitrogens is 2. The highest BCUT2D eigenvalue weighted by atomic mass is 35.5. The number of nitrogens with zero attached hydrogens (tertiary/aromatic N) is 3. The van der Waals surface area contributed by atoms with E-state index in [1.54, 1.807) is 18.6 Å². The molecular formula is C13H13Cl2N3. The van der Waals surface area contributed by atoms with Crippen molar-refractivity contribution in [3.05, 3.63) is 52.9 Å². The van der Waals surface area contributed by atoms with Crippen molar-refractivity contribution in [3.63, 3.8) is 0 Å². The lowest BCUT2D eigenvalue weighted by Crippen LogP contribution is -2.17. The summed E-state index contributed by atoms with van der Waals surface area (Å²) in [6, 6.07) is 5.88. The second-order valence-electron chi connectivity index (χ2n) is 3.98. The monoisotopic (exact) mass is 281 g/mol. The molecule has 0 atom stereocenters.